The van der Waals surface area contributed by atoms with E-state index in [1.54, 1.807) is 44.6 Å². The lowest BCUT2D eigenvalue weighted by atomic mass is 10.0. The molecule has 266 valence electrons. The Hall–Kier alpha value is -6.15. The third-order valence-electron chi connectivity index (χ3n) is 8.61. The van der Waals surface area contributed by atoms with Crippen molar-refractivity contribution in [1.82, 2.24) is 0 Å². The molecule has 3 N–H and O–H groups in total. The zero-order valence-electron chi connectivity index (χ0n) is 29.5. The van der Waals surface area contributed by atoms with Gasteiger partial charge in [-0.1, -0.05) is 54.6 Å². The summed E-state index contributed by atoms with van der Waals surface area (Å²) in [4.78, 5) is 11.5. The second-order valence-corrected chi connectivity index (χ2v) is 12.2. The van der Waals surface area contributed by atoms with Crippen LogP contribution < -0.4 is 20.1 Å². The maximum absolute atomic E-state index is 13.1. The van der Waals surface area contributed by atoms with Gasteiger partial charge in [-0.25, -0.2) is 13.6 Å². The Kier molecular flexibility index (Phi) is 13.0. The molecular weight excluding hydrogens is 658 g/mol. The Bertz CT molecular complexity index is 2080. The van der Waals surface area contributed by atoms with Crippen molar-refractivity contribution in [3.63, 3.8) is 0 Å². The predicted molar refractivity (Wildman–Crippen MR) is 205 cm³/mol. The van der Waals surface area contributed by atoms with Crippen molar-refractivity contribution >= 4 is 28.7 Å². The van der Waals surface area contributed by atoms with Crippen LogP contribution in [0.2, 0.25) is 0 Å². The first-order chi connectivity index (χ1) is 25.2. The van der Waals surface area contributed by atoms with Crippen molar-refractivity contribution < 1.29 is 28.2 Å². The van der Waals surface area contributed by atoms with E-state index in [4.69, 9.17) is 9.47 Å². The fourth-order valence-corrected chi connectivity index (χ4v) is 5.75. The Morgan fingerprint density at radius 2 is 1.02 bits per heavy atom. The number of carbonyl (C=O) groups is 1. The van der Waals surface area contributed by atoms with Crippen LogP contribution in [0.25, 0.3) is 0 Å². The molecule has 0 unspecified atom stereocenters. The first kappa shape index (κ1) is 37.1. The number of benzene rings is 6. The minimum atomic E-state index is -1.02. The molecule has 0 heterocycles. The highest BCUT2D eigenvalue weighted by molar-refractivity contribution is 5.95. The molecule has 8 heteroatoms. The predicted octanol–water partition coefficient (Wildman–Crippen LogP) is 10.7. The van der Waals surface area contributed by atoms with Crippen LogP contribution in [-0.2, 0) is 25.7 Å². The molecule has 0 saturated carbocycles. The molecular formula is C44H42F2N2O4. The molecule has 6 aromatic rings. The standard InChI is InChI=1S/C22H20FNO3.C22H22FNO/c1-27-21-5-3-2-4-16(21)8-6-15-7-13-19(22(25)26)20(14-15)24-18-11-9-17(23)10-12-18;1-16-7-8-17(9-10-18-5-3-4-6-22(18)25-2)15-21(16)24-20-13-11-19(23)12-14-20/h2-5,7,9-14,24H,6,8H2,1H3,(H,25,26);3-8,11-15,24H,9-10H2,1-2H3. The maximum atomic E-state index is 13.1. The van der Waals surface area contributed by atoms with Crippen LogP contribution in [0.4, 0.5) is 31.5 Å². The van der Waals surface area contributed by atoms with Crippen molar-refractivity contribution in [2.45, 2.75) is 32.6 Å². The highest BCUT2D eigenvalue weighted by Crippen LogP contribution is 2.27. The van der Waals surface area contributed by atoms with Crippen molar-refractivity contribution in [2.75, 3.05) is 24.9 Å². The summed E-state index contributed by atoms with van der Waals surface area (Å²) in [5, 5.41) is 15.9. The van der Waals surface area contributed by atoms with Crippen LogP contribution in [0.3, 0.4) is 0 Å². The number of ether oxygens (including phenoxy) is 2. The van der Waals surface area contributed by atoms with Crippen molar-refractivity contribution in [3.8, 4) is 11.5 Å². The van der Waals surface area contributed by atoms with E-state index in [1.807, 2.05) is 54.6 Å². The third kappa shape index (κ3) is 10.4. The smallest absolute Gasteiger partial charge is 0.337 e. The second kappa shape index (κ2) is 18.2. The molecule has 0 spiro atoms. The van der Waals surface area contributed by atoms with Crippen LogP contribution in [0.15, 0.2) is 133 Å². The van der Waals surface area contributed by atoms with E-state index < -0.39 is 5.97 Å². The van der Waals surface area contributed by atoms with E-state index in [0.717, 1.165) is 65.2 Å². The van der Waals surface area contributed by atoms with Gasteiger partial charge in [0.2, 0.25) is 0 Å². The van der Waals surface area contributed by atoms with Crippen LogP contribution >= 0.6 is 0 Å². The third-order valence-corrected chi connectivity index (χ3v) is 8.61. The molecule has 6 rings (SSSR count). The quantitative estimate of drug-likeness (QED) is 0.111. The minimum absolute atomic E-state index is 0.167. The Balaban J connectivity index is 0.000000202. The molecule has 0 atom stereocenters. The summed E-state index contributed by atoms with van der Waals surface area (Å²) in [5.74, 6) is 0.178. The number of rotatable bonds is 13. The lowest BCUT2D eigenvalue weighted by Gasteiger charge is -2.13. The van der Waals surface area contributed by atoms with E-state index in [1.165, 1.54) is 35.4 Å². The average Bonchev–Trinajstić information content (AvgIpc) is 3.16. The monoisotopic (exact) mass is 700 g/mol. The Labute approximate surface area is 303 Å². The zero-order chi connectivity index (χ0) is 36.9. The number of aromatic carboxylic acids is 1. The molecule has 0 radical (unpaired) electrons. The van der Waals surface area contributed by atoms with E-state index in [0.29, 0.717) is 11.4 Å². The molecule has 6 aromatic carbocycles. The van der Waals surface area contributed by atoms with Gasteiger partial charge < -0.3 is 25.2 Å². The van der Waals surface area contributed by atoms with Crippen molar-refractivity contribution in [2.24, 2.45) is 0 Å². The molecule has 0 amide bonds. The van der Waals surface area contributed by atoms with Crippen LogP contribution in [0.1, 0.15) is 38.2 Å². The Morgan fingerprint density at radius 3 is 1.50 bits per heavy atom. The summed E-state index contributed by atoms with van der Waals surface area (Å²) >= 11 is 0. The Morgan fingerprint density at radius 1 is 0.577 bits per heavy atom. The average molecular weight is 701 g/mol. The second-order valence-electron chi connectivity index (χ2n) is 12.2. The fraction of sp³-hybridized carbons (Fsp3) is 0.159. The van der Waals surface area contributed by atoms with Gasteiger partial charge in [0.25, 0.3) is 0 Å². The van der Waals surface area contributed by atoms with Gasteiger partial charge in [0, 0.05) is 17.1 Å². The number of hydrogen-bond acceptors (Lipinski definition) is 5. The zero-order valence-corrected chi connectivity index (χ0v) is 29.5. The molecule has 0 bridgehead atoms. The highest BCUT2D eigenvalue weighted by atomic mass is 19.1. The van der Waals surface area contributed by atoms with E-state index >= 15 is 0 Å². The minimum Gasteiger partial charge on any atom is -0.496 e. The number of halogens is 2. The molecule has 0 aromatic heterocycles. The van der Waals surface area contributed by atoms with Gasteiger partial charge in [0.15, 0.2) is 0 Å². The van der Waals surface area contributed by atoms with Crippen LogP contribution in [0.5, 0.6) is 11.5 Å². The number of hydrogen-bond donors (Lipinski definition) is 3. The number of para-hydroxylation sites is 2. The van der Waals surface area contributed by atoms with Gasteiger partial charge in [-0.3, -0.25) is 0 Å². The van der Waals surface area contributed by atoms with Gasteiger partial charge in [-0.05, 0) is 139 Å². The summed E-state index contributed by atoms with van der Waals surface area (Å²) in [6, 6.07) is 39.8. The normalized spacial score (nSPS) is 10.5. The largest absolute Gasteiger partial charge is 0.496 e. The maximum Gasteiger partial charge on any atom is 0.337 e. The first-order valence-corrected chi connectivity index (χ1v) is 17.0. The summed E-state index contributed by atoms with van der Waals surface area (Å²) in [6.07, 6.45) is 3.35. The molecule has 0 aliphatic heterocycles. The number of aryl methyl sites for hydroxylation is 5. The number of nitrogens with one attached hydrogen (secondary N) is 2. The van der Waals surface area contributed by atoms with Gasteiger partial charge in [-0.2, -0.15) is 0 Å². The lowest BCUT2D eigenvalue weighted by molar-refractivity contribution is 0.0698. The summed E-state index contributed by atoms with van der Waals surface area (Å²) < 4.78 is 36.9. The SMILES string of the molecule is COc1ccccc1CCc1ccc(C(=O)O)c(Nc2ccc(F)cc2)c1.COc1ccccc1CCc1ccc(C)c(Nc2ccc(F)cc2)c1. The molecule has 0 aliphatic carbocycles. The number of anilines is 4. The summed E-state index contributed by atoms with van der Waals surface area (Å²) in [7, 11) is 3.35. The molecule has 0 saturated heterocycles. The number of carboxylic acid groups (broad SMARTS) is 1. The van der Waals surface area contributed by atoms with E-state index in [-0.39, 0.29) is 17.2 Å². The fourth-order valence-electron chi connectivity index (χ4n) is 5.75. The van der Waals surface area contributed by atoms with Gasteiger partial charge >= 0.3 is 5.97 Å². The van der Waals surface area contributed by atoms with Gasteiger partial charge in [0.05, 0.1) is 25.5 Å². The topological polar surface area (TPSA) is 79.8 Å². The summed E-state index contributed by atoms with van der Waals surface area (Å²) in [5.41, 5.74) is 8.90. The van der Waals surface area contributed by atoms with Crippen molar-refractivity contribution in [3.05, 3.63) is 178 Å². The highest BCUT2D eigenvalue weighted by Gasteiger charge is 2.12. The van der Waals surface area contributed by atoms with Gasteiger partial charge in [0.1, 0.15) is 23.1 Å². The lowest BCUT2D eigenvalue weighted by Crippen LogP contribution is -2.04. The van der Waals surface area contributed by atoms with E-state index in [2.05, 4.69) is 41.8 Å². The van der Waals surface area contributed by atoms with Crippen LogP contribution in [0, 0.1) is 18.6 Å². The number of methoxy groups -OCH3 is 2. The molecule has 6 nitrogen and oxygen atoms in total. The molecule has 0 aliphatic rings. The van der Waals surface area contributed by atoms with Gasteiger partial charge in [-0.15, -0.1) is 0 Å². The van der Waals surface area contributed by atoms with Crippen molar-refractivity contribution in [1.29, 1.82) is 0 Å². The number of carboxylic acids is 1. The van der Waals surface area contributed by atoms with E-state index in [9.17, 15) is 18.7 Å². The first-order valence-electron chi connectivity index (χ1n) is 17.0. The molecule has 52 heavy (non-hydrogen) atoms. The molecule has 0 fully saturated rings. The summed E-state index contributed by atoms with van der Waals surface area (Å²) in [6.45, 7) is 2.07. The van der Waals surface area contributed by atoms with Crippen LogP contribution in [-0.4, -0.2) is 25.3 Å².